The maximum Gasteiger partial charge on any atom is 0.102 e. The molecule has 0 aliphatic rings. The van der Waals surface area contributed by atoms with Gasteiger partial charge in [0.15, 0.2) is 0 Å². The minimum atomic E-state index is 0.180. The van der Waals surface area contributed by atoms with Gasteiger partial charge in [-0.05, 0) is 18.6 Å². The van der Waals surface area contributed by atoms with Crippen LogP contribution in [0.15, 0.2) is 35.8 Å². The zero-order chi connectivity index (χ0) is 12.5. The Hall–Kier alpha value is -1.65. The Labute approximate surface area is 110 Å². The van der Waals surface area contributed by atoms with Crippen LogP contribution in [0.25, 0.3) is 10.9 Å². The molecule has 18 heavy (non-hydrogen) atoms. The van der Waals surface area contributed by atoms with Crippen LogP contribution >= 0.6 is 11.3 Å². The number of aryl methyl sites for hydroxylation is 1. The van der Waals surface area contributed by atoms with Gasteiger partial charge in [0.25, 0.3) is 0 Å². The normalized spacial score (nSPS) is 13.0. The predicted octanol–water partition coefficient (Wildman–Crippen LogP) is 3.02. The monoisotopic (exact) mass is 257 g/mol. The van der Waals surface area contributed by atoms with Gasteiger partial charge in [-0.15, -0.1) is 11.3 Å². The van der Waals surface area contributed by atoms with E-state index in [0.29, 0.717) is 6.54 Å². The Morgan fingerprint density at radius 3 is 2.94 bits per heavy atom. The third-order valence-corrected chi connectivity index (χ3v) is 4.24. The van der Waals surface area contributed by atoms with E-state index in [2.05, 4.69) is 39.7 Å². The molecule has 0 bridgehead atoms. The van der Waals surface area contributed by atoms with Crippen molar-refractivity contribution in [3.63, 3.8) is 0 Å². The fourth-order valence-electron chi connectivity index (χ4n) is 2.28. The summed E-state index contributed by atoms with van der Waals surface area (Å²) in [7, 11) is 0. The van der Waals surface area contributed by atoms with Crippen molar-refractivity contribution >= 4 is 22.2 Å². The maximum atomic E-state index is 5.95. The molecule has 3 aromatic rings. The molecule has 1 atom stereocenters. The van der Waals surface area contributed by atoms with Crippen molar-refractivity contribution in [2.24, 2.45) is 5.73 Å². The first-order chi connectivity index (χ1) is 8.79. The number of para-hydroxylation sites is 1. The minimum absolute atomic E-state index is 0.180. The smallest absolute Gasteiger partial charge is 0.102 e. The highest BCUT2D eigenvalue weighted by atomic mass is 32.1. The number of hydrogen-bond acceptors (Lipinski definition) is 3. The number of H-pyrrole nitrogens is 1. The van der Waals surface area contributed by atoms with Gasteiger partial charge in [0.2, 0.25) is 0 Å². The Morgan fingerprint density at radius 1 is 1.39 bits per heavy atom. The number of nitrogens with two attached hydrogens (primary N) is 1. The van der Waals surface area contributed by atoms with E-state index in [1.54, 1.807) is 11.3 Å². The molecule has 1 aromatic carbocycles. The summed E-state index contributed by atoms with van der Waals surface area (Å²) in [6.45, 7) is 2.59. The number of thiazole rings is 1. The van der Waals surface area contributed by atoms with Crippen LogP contribution in [-0.2, 0) is 0 Å². The Balaban J connectivity index is 2.11. The van der Waals surface area contributed by atoms with Crippen molar-refractivity contribution in [2.75, 3.05) is 6.54 Å². The summed E-state index contributed by atoms with van der Waals surface area (Å²) >= 11 is 1.68. The average molecular weight is 257 g/mol. The quantitative estimate of drug-likeness (QED) is 0.757. The second kappa shape index (κ2) is 4.55. The lowest BCUT2D eigenvalue weighted by Gasteiger charge is -2.10. The molecule has 4 heteroatoms. The third-order valence-electron chi connectivity index (χ3n) is 3.17. The van der Waals surface area contributed by atoms with Crippen molar-refractivity contribution in [2.45, 2.75) is 12.8 Å². The lowest BCUT2D eigenvalue weighted by molar-refractivity contribution is 0.812. The lowest BCUT2D eigenvalue weighted by atomic mass is 9.99. The van der Waals surface area contributed by atoms with Crippen LogP contribution < -0.4 is 5.73 Å². The molecule has 1 unspecified atom stereocenters. The van der Waals surface area contributed by atoms with E-state index in [0.717, 1.165) is 16.2 Å². The number of fused-ring (bicyclic) bond motifs is 1. The van der Waals surface area contributed by atoms with E-state index in [9.17, 15) is 0 Å². The van der Waals surface area contributed by atoms with Gasteiger partial charge in [-0.3, -0.25) is 0 Å². The molecule has 0 radical (unpaired) electrons. The van der Waals surface area contributed by atoms with Crippen LogP contribution in [0, 0.1) is 6.92 Å². The van der Waals surface area contributed by atoms with Gasteiger partial charge < -0.3 is 10.7 Å². The van der Waals surface area contributed by atoms with Gasteiger partial charge in [0.1, 0.15) is 5.01 Å². The van der Waals surface area contributed by atoms with Gasteiger partial charge in [-0.25, -0.2) is 4.98 Å². The number of rotatable bonds is 3. The first-order valence-corrected chi connectivity index (χ1v) is 6.85. The number of nitrogens with one attached hydrogen (secondary N) is 1. The zero-order valence-corrected chi connectivity index (χ0v) is 11.0. The second-order valence-electron chi connectivity index (χ2n) is 4.41. The average Bonchev–Trinajstić information content (AvgIpc) is 2.98. The highest BCUT2D eigenvalue weighted by Crippen LogP contribution is 2.31. The lowest BCUT2D eigenvalue weighted by Crippen LogP contribution is -2.13. The summed E-state index contributed by atoms with van der Waals surface area (Å²) in [6.07, 6.45) is 2.05. The topological polar surface area (TPSA) is 54.7 Å². The first-order valence-electron chi connectivity index (χ1n) is 5.97. The minimum Gasteiger partial charge on any atom is -0.361 e. The summed E-state index contributed by atoms with van der Waals surface area (Å²) in [6, 6.07) is 8.30. The second-order valence-corrected chi connectivity index (χ2v) is 5.29. The molecule has 0 saturated carbocycles. The molecule has 0 aliphatic heterocycles. The van der Waals surface area contributed by atoms with E-state index in [-0.39, 0.29) is 5.92 Å². The molecular formula is C14H15N3S. The summed E-state index contributed by atoms with van der Waals surface area (Å²) in [5.41, 5.74) is 9.40. The van der Waals surface area contributed by atoms with E-state index in [1.807, 2.05) is 13.0 Å². The van der Waals surface area contributed by atoms with Crippen LogP contribution in [0.5, 0.6) is 0 Å². The van der Waals surface area contributed by atoms with E-state index in [1.165, 1.54) is 10.9 Å². The molecule has 2 heterocycles. The Morgan fingerprint density at radius 2 is 2.22 bits per heavy atom. The van der Waals surface area contributed by atoms with Crippen LogP contribution in [0.2, 0.25) is 0 Å². The fraction of sp³-hybridized carbons (Fsp3) is 0.214. The molecule has 0 saturated heterocycles. The maximum absolute atomic E-state index is 5.95. The van der Waals surface area contributed by atoms with Gasteiger partial charge in [-0.1, -0.05) is 18.2 Å². The first kappa shape index (κ1) is 11.4. The van der Waals surface area contributed by atoms with E-state index >= 15 is 0 Å². The Kier molecular flexibility index (Phi) is 2.89. The van der Waals surface area contributed by atoms with Crippen molar-refractivity contribution in [1.82, 2.24) is 9.97 Å². The number of nitrogens with zero attached hydrogens (tertiary/aromatic N) is 1. The van der Waals surface area contributed by atoms with Crippen molar-refractivity contribution in [3.05, 3.63) is 52.1 Å². The fourth-order valence-corrected chi connectivity index (χ4v) is 3.20. The van der Waals surface area contributed by atoms with Crippen molar-refractivity contribution < 1.29 is 0 Å². The van der Waals surface area contributed by atoms with E-state index in [4.69, 9.17) is 5.73 Å². The van der Waals surface area contributed by atoms with Crippen molar-refractivity contribution in [1.29, 1.82) is 0 Å². The molecule has 0 amide bonds. The van der Waals surface area contributed by atoms with Crippen LogP contribution in [-0.4, -0.2) is 16.5 Å². The van der Waals surface area contributed by atoms with Gasteiger partial charge in [0.05, 0.1) is 5.92 Å². The standard InChI is InChI=1S/C14H15N3S/c1-9-8-18-14(17-9)11(6-15)12-7-16-13-5-3-2-4-10(12)13/h2-5,7-8,11,16H,6,15H2,1H3. The largest absolute Gasteiger partial charge is 0.361 e. The van der Waals surface area contributed by atoms with Gasteiger partial charge in [0, 0.05) is 34.7 Å². The Bertz CT molecular complexity index is 668. The SMILES string of the molecule is Cc1csc(C(CN)c2c[nH]c3ccccc23)n1. The van der Waals surface area contributed by atoms with Crippen LogP contribution in [0.4, 0.5) is 0 Å². The molecule has 0 fully saturated rings. The van der Waals surface area contributed by atoms with Crippen LogP contribution in [0.3, 0.4) is 0 Å². The van der Waals surface area contributed by atoms with Gasteiger partial charge in [-0.2, -0.15) is 0 Å². The molecule has 0 aliphatic carbocycles. The molecule has 3 rings (SSSR count). The molecule has 3 nitrogen and oxygen atoms in total. The molecular weight excluding hydrogens is 242 g/mol. The summed E-state index contributed by atoms with van der Waals surface area (Å²) in [5.74, 6) is 0.180. The number of aromatic nitrogens is 2. The molecule has 92 valence electrons. The molecule has 3 N–H and O–H groups in total. The highest BCUT2D eigenvalue weighted by molar-refractivity contribution is 7.09. The summed E-state index contributed by atoms with van der Waals surface area (Å²) in [5, 5.41) is 4.41. The molecule has 0 spiro atoms. The van der Waals surface area contributed by atoms with Crippen LogP contribution in [0.1, 0.15) is 22.2 Å². The summed E-state index contributed by atoms with van der Waals surface area (Å²) < 4.78 is 0. The highest BCUT2D eigenvalue weighted by Gasteiger charge is 2.19. The number of hydrogen-bond donors (Lipinski definition) is 2. The van der Waals surface area contributed by atoms with Gasteiger partial charge >= 0.3 is 0 Å². The third kappa shape index (κ3) is 1.83. The number of aromatic amines is 1. The zero-order valence-electron chi connectivity index (χ0n) is 10.2. The van der Waals surface area contributed by atoms with Crippen molar-refractivity contribution in [3.8, 4) is 0 Å². The number of benzene rings is 1. The predicted molar refractivity (Wildman–Crippen MR) is 76.0 cm³/mol. The molecule has 2 aromatic heterocycles. The summed E-state index contributed by atoms with van der Waals surface area (Å²) in [4.78, 5) is 7.87. The van der Waals surface area contributed by atoms with E-state index < -0.39 is 0 Å².